The molecule has 3 aliphatic rings. The van der Waals surface area contributed by atoms with Crippen LogP contribution in [0.2, 0.25) is 5.02 Å². The minimum absolute atomic E-state index is 0.0342. The van der Waals surface area contributed by atoms with Gasteiger partial charge in [0.05, 0.1) is 10.9 Å². The first-order chi connectivity index (χ1) is 21.3. The lowest BCUT2D eigenvalue weighted by Crippen LogP contribution is -2.53. The standard InChI is InChI=1S/C33H33ClF2N6O2/c1-3-26(43)41-16-20(17-41)15-40(2)31-24-14-37-29(23-9-4-7-21-8-5-10-25(34)27(21)23)28(36)30(24)38-32(39-31)44-19-33-11-6-12-42(33)18-22(35)13-33/h3-5,7-10,14,20,22H,1,6,11-13,15-19H2,2H3/t22-,33-/m0/s1. The first-order valence-electron chi connectivity index (χ1n) is 14.9. The van der Waals surface area contributed by atoms with Gasteiger partial charge in [-0.25, -0.2) is 8.78 Å². The van der Waals surface area contributed by atoms with Gasteiger partial charge in [0.1, 0.15) is 29.8 Å². The molecule has 3 aliphatic heterocycles. The fourth-order valence-electron chi connectivity index (χ4n) is 7.17. The van der Waals surface area contributed by atoms with Gasteiger partial charge >= 0.3 is 6.01 Å². The number of carbonyl (C=O) groups excluding carboxylic acids is 1. The minimum atomic E-state index is -0.897. The number of rotatable bonds is 8. The van der Waals surface area contributed by atoms with Gasteiger partial charge in [0, 0.05) is 67.7 Å². The Hall–Kier alpha value is -3.89. The van der Waals surface area contributed by atoms with Gasteiger partial charge in [0.2, 0.25) is 5.91 Å². The Labute approximate surface area is 259 Å². The number of halogens is 3. The Kier molecular flexibility index (Phi) is 7.37. The van der Waals surface area contributed by atoms with Gasteiger partial charge in [-0.15, -0.1) is 0 Å². The van der Waals surface area contributed by atoms with Crippen LogP contribution >= 0.6 is 11.6 Å². The van der Waals surface area contributed by atoms with Crippen molar-refractivity contribution in [2.75, 3.05) is 51.3 Å². The molecule has 2 atom stereocenters. The number of hydrogen-bond acceptors (Lipinski definition) is 7. The van der Waals surface area contributed by atoms with Gasteiger partial charge in [-0.2, -0.15) is 9.97 Å². The highest BCUT2D eigenvalue weighted by Crippen LogP contribution is 2.41. The Balaban J connectivity index is 1.28. The van der Waals surface area contributed by atoms with Crippen LogP contribution in [-0.2, 0) is 4.79 Å². The molecule has 8 nitrogen and oxygen atoms in total. The van der Waals surface area contributed by atoms with Crippen LogP contribution in [0.1, 0.15) is 19.3 Å². The van der Waals surface area contributed by atoms with Gasteiger partial charge in [0.25, 0.3) is 0 Å². The van der Waals surface area contributed by atoms with Crippen LogP contribution in [0.5, 0.6) is 6.01 Å². The zero-order chi connectivity index (χ0) is 30.6. The average molecular weight is 619 g/mol. The Morgan fingerprint density at radius 1 is 1.23 bits per heavy atom. The van der Waals surface area contributed by atoms with Crippen molar-refractivity contribution in [3.05, 3.63) is 66.1 Å². The Morgan fingerprint density at radius 3 is 2.82 bits per heavy atom. The zero-order valence-corrected chi connectivity index (χ0v) is 25.2. The summed E-state index contributed by atoms with van der Waals surface area (Å²) >= 11 is 6.58. The van der Waals surface area contributed by atoms with Crippen molar-refractivity contribution < 1.29 is 18.3 Å². The van der Waals surface area contributed by atoms with Crippen LogP contribution in [0.25, 0.3) is 32.9 Å². The molecular formula is C33H33ClF2N6O2. The number of benzene rings is 2. The molecule has 0 bridgehead atoms. The van der Waals surface area contributed by atoms with Crippen LogP contribution in [0.3, 0.4) is 0 Å². The predicted octanol–water partition coefficient (Wildman–Crippen LogP) is 5.67. The molecule has 0 aliphatic carbocycles. The van der Waals surface area contributed by atoms with Gasteiger partial charge in [-0.05, 0) is 36.9 Å². The smallest absolute Gasteiger partial charge is 0.319 e. The number of hydrogen-bond donors (Lipinski definition) is 0. The highest BCUT2D eigenvalue weighted by molar-refractivity contribution is 6.36. The van der Waals surface area contributed by atoms with E-state index in [0.717, 1.165) is 24.8 Å². The van der Waals surface area contributed by atoms with Gasteiger partial charge in [0.15, 0.2) is 5.82 Å². The lowest BCUT2D eigenvalue weighted by atomic mass is 9.95. The first-order valence-corrected chi connectivity index (χ1v) is 15.3. The third-order valence-electron chi connectivity index (χ3n) is 9.32. The fourth-order valence-corrected chi connectivity index (χ4v) is 7.46. The van der Waals surface area contributed by atoms with E-state index in [2.05, 4.69) is 21.4 Å². The van der Waals surface area contributed by atoms with Crippen molar-refractivity contribution in [1.82, 2.24) is 24.8 Å². The van der Waals surface area contributed by atoms with Crippen LogP contribution < -0.4 is 9.64 Å². The molecule has 228 valence electrons. The zero-order valence-electron chi connectivity index (χ0n) is 24.5. The van der Waals surface area contributed by atoms with Crippen molar-refractivity contribution in [1.29, 1.82) is 0 Å². The van der Waals surface area contributed by atoms with Crippen molar-refractivity contribution in [2.24, 2.45) is 5.92 Å². The normalized spacial score (nSPS) is 21.9. The number of ether oxygens (including phenoxy) is 1. The minimum Gasteiger partial charge on any atom is -0.461 e. The van der Waals surface area contributed by atoms with E-state index in [1.165, 1.54) is 6.08 Å². The lowest BCUT2D eigenvalue weighted by molar-refractivity contribution is -0.131. The summed E-state index contributed by atoms with van der Waals surface area (Å²) in [6.07, 6.45) is 4.23. The summed E-state index contributed by atoms with van der Waals surface area (Å²) in [5.41, 5.74) is 0.367. The molecule has 0 N–H and O–H groups in total. The van der Waals surface area contributed by atoms with Crippen LogP contribution in [0, 0.1) is 11.7 Å². The monoisotopic (exact) mass is 618 g/mol. The summed E-state index contributed by atoms with van der Waals surface area (Å²) in [5.74, 6) is -0.0159. The van der Waals surface area contributed by atoms with Crippen molar-refractivity contribution >= 4 is 45.0 Å². The number of pyridine rings is 1. The molecule has 11 heteroatoms. The van der Waals surface area contributed by atoms with E-state index >= 15 is 4.39 Å². The van der Waals surface area contributed by atoms with E-state index in [0.29, 0.717) is 59.8 Å². The summed E-state index contributed by atoms with van der Waals surface area (Å²) in [5, 5.41) is 2.52. The molecule has 0 saturated carbocycles. The van der Waals surface area contributed by atoms with Gasteiger partial charge < -0.3 is 14.5 Å². The summed E-state index contributed by atoms with van der Waals surface area (Å²) in [4.78, 5) is 31.7. The number of fused-ring (bicyclic) bond motifs is 3. The second kappa shape index (κ2) is 11.2. The highest BCUT2D eigenvalue weighted by atomic mass is 35.5. The molecule has 3 saturated heterocycles. The van der Waals surface area contributed by atoms with Crippen LogP contribution in [-0.4, -0.2) is 88.7 Å². The number of nitrogens with zero attached hydrogens (tertiary/aromatic N) is 6. The molecule has 0 spiro atoms. The average Bonchev–Trinajstić information content (AvgIpc) is 3.53. The number of carbonyl (C=O) groups is 1. The maximum Gasteiger partial charge on any atom is 0.319 e. The fraction of sp³-hybridized carbons (Fsp3) is 0.394. The second-order valence-corrected chi connectivity index (χ2v) is 12.6. The molecule has 1 amide bonds. The molecule has 0 unspecified atom stereocenters. The molecule has 3 fully saturated rings. The van der Waals surface area contributed by atoms with E-state index in [1.54, 1.807) is 23.2 Å². The molecule has 44 heavy (non-hydrogen) atoms. The molecule has 4 aromatic rings. The third-order valence-corrected chi connectivity index (χ3v) is 9.64. The molecule has 2 aromatic heterocycles. The number of alkyl halides is 1. The second-order valence-electron chi connectivity index (χ2n) is 12.2. The molecular weight excluding hydrogens is 586 g/mol. The predicted molar refractivity (Wildman–Crippen MR) is 167 cm³/mol. The largest absolute Gasteiger partial charge is 0.461 e. The van der Waals surface area contributed by atoms with E-state index in [9.17, 15) is 9.18 Å². The molecule has 2 aromatic carbocycles. The number of amides is 1. The third kappa shape index (κ3) is 4.94. The number of aromatic nitrogens is 3. The first kappa shape index (κ1) is 28.9. The van der Waals surface area contributed by atoms with Gasteiger partial charge in [-0.3, -0.25) is 14.7 Å². The lowest BCUT2D eigenvalue weighted by Gasteiger charge is -2.40. The van der Waals surface area contributed by atoms with Crippen molar-refractivity contribution in [3.63, 3.8) is 0 Å². The SMILES string of the molecule is C=CC(=O)N1CC(CN(C)c2nc(OC[C@@]34CCCN3C[C@@H](F)C4)nc3c(F)c(-c4cccc5cccc(Cl)c45)ncc23)C1. The number of anilines is 1. The van der Waals surface area contributed by atoms with E-state index in [1.807, 2.05) is 36.2 Å². The van der Waals surface area contributed by atoms with E-state index < -0.39 is 17.5 Å². The maximum atomic E-state index is 16.6. The Morgan fingerprint density at radius 2 is 2.02 bits per heavy atom. The van der Waals surface area contributed by atoms with Gasteiger partial charge in [-0.1, -0.05) is 48.5 Å². The van der Waals surface area contributed by atoms with Crippen molar-refractivity contribution in [3.8, 4) is 17.3 Å². The molecule has 7 rings (SSSR count). The summed E-state index contributed by atoms with van der Waals surface area (Å²) in [6, 6.07) is 11.1. The van der Waals surface area contributed by atoms with E-state index in [4.69, 9.17) is 21.3 Å². The Bertz CT molecular complexity index is 1780. The van der Waals surface area contributed by atoms with Crippen LogP contribution in [0.15, 0.2) is 55.3 Å². The maximum absolute atomic E-state index is 16.6. The van der Waals surface area contributed by atoms with Crippen LogP contribution in [0.4, 0.5) is 14.6 Å². The summed E-state index contributed by atoms with van der Waals surface area (Å²) in [7, 11) is 1.88. The summed E-state index contributed by atoms with van der Waals surface area (Å²) in [6.45, 7) is 6.80. The van der Waals surface area contributed by atoms with Crippen molar-refractivity contribution in [2.45, 2.75) is 31.0 Å². The number of likely N-dealkylation sites (tertiary alicyclic amines) is 1. The molecule has 5 heterocycles. The highest BCUT2D eigenvalue weighted by Gasteiger charge is 2.49. The molecule has 0 radical (unpaired) electrons. The quantitative estimate of drug-likeness (QED) is 0.236. The van der Waals surface area contributed by atoms with E-state index in [-0.39, 0.29) is 35.7 Å². The topological polar surface area (TPSA) is 74.7 Å². The summed E-state index contributed by atoms with van der Waals surface area (Å²) < 4.78 is 37.2.